The van der Waals surface area contributed by atoms with Gasteiger partial charge < -0.3 is 10.1 Å². The minimum atomic E-state index is -3.37. The standard InChI is InChI=1S/C10H18N4O4S/c1-18-9(15)10(12-6-7-13-14-11)5-3-4-8(10)19(2,16)17/h8,12H,3-7H2,1-2H3. The maximum Gasteiger partial charge on any atom is 0.327 e. The summed E-state index contributed by atoms with van der Waals surface area (Å²) in [6.45, 7) is 0.372. The van der Waals surface area contributed by atoms with E-state index in [2.05, 4.69) is 15.3 Å². The Kier molecular flexibility index (Phi) is 5.16. The summed E-state index contributed by atoms with van der Waals surface area (Å²) in [5.74, 6) is -0.582. The zero-order chi connectivity index (χ0) is 14.5. The molecule has 19 heavy (non-hydrogen) atoms. The number of hydrogen-bond donors (Lipinski definition) is 1. The van der Waals surface area contributed by atoms with Gasteiger partial charge in [0.15, 0.2) is 9.84 Å². The first-order chi connectivity index (χ1) is 8.88. The van der Waals surface area contributed by atoms with Crippen molar-refractivity contribution in [1.29, 1.82) is 0 Å². The molecule has 2 atom stereocenters. The summed E-state index contributed by atoms with van der Waals surface area (Å²) in [4.78, 5) is 14.6. The van der Waals surface area contributed by atoms with Crippen LogP contribution in [0, 0.1) is 0 Å². The summed E-state index contributed by atoms with van der Waals surface area (Å²) < 4.78 is 28.4. The first-order valence-electron chi connectivity index (χ1n) is 5.91. The van der Waals surface area contributed by atoms with Gasteiger partial charge in [-0.05, 0) is 24.8 Å². The number of nitrogens with one attached hydrogen (secondary N) is 1. The molecule has 2 unspecified atom stereocenters. The van der Waals surface area contributed by atoms with E-state index >= 15 is 0 Å². The van der Waals surface area contributed by atoms with E-state index in [1.165, 1.54) is 7.11 Å². The number of esters is 1. The van der Waals surface area contributed by atoms with E-state index in [1.807, 2.05) is 0 Å². The van der Waals surface area contributed by atoms with Gasteiger partial charge in [0.05, 0.1) is 12.4 Å². The highest BCUT2D eigenvalue weighted by molar-refractivity contribution is 7.91. The second kappa shape index (κ2) is 6.23. The highest BCUT2D eigenvalue weighted by atomic mass is 32.2. The highest BCUT2D eigenvalue weighted by Gasteiger charge is 2.54. The van der Waals surface area contributed by atoms with Crippen LogP contribution < -0.4 is 5.32 Å². The molecule has 8 nitrogen and oxygen atoms in total. The van der Waals surface area contributed by atoms with Gasteiger partial charge in [0.25, 0.3) is 0 Å². The SMILES string of the molecule is COC(=O)C1(NCCN=[N+]=[N-])CCCC1S(C)(=O)=O. The maximum atomic E-state index is 12.0. The van der Waals surface area contributed by atoms with Gasteiger partial charge in [-0.1, -0.05) is 5.11 Å². The molecule has 1 fully saturated rings. The number of ether oxygens (including phenoxy) is 1. The molecule has 0 heterocycles. The van der Waals surface area contributed by atoms with Crippen molar-refractivity contribution in [3.8, 4) is 0 Å². The van der Waals surface area contributed by atoms with Gasteiger partial charge in [-0.2, -0.15) is 0 Å². The topological polar surface area (TPSA) is 121 Å². The van der Waals surface area contributed by atoms with Crippen LogP contribution in [0.2, 0.25) is 0 Å². The number of carbonyl (C=O) groups is 1. The number of hydrogen-bond acceptors (Lipinski definition) is 6. The van der Waals surface area contributed by atoms with Gasteiger partial charge in [-0.3, -0.25) is 4.79 Å². The van der Waals surface area contributed by atoms with Crippen molar-refractivity contribution in [1.82, 2.24) is 5.32 Å². The summed E-state index contributed by atoms with van der Waals surface area (Å²) in [5, 5.41) is 5.46. The van der Waals surface area contributed by atoms with Crippen molar-refractivity contribution >= 4 is 15.8 Å². The Bertz CT molecular complexity index is 486. The minimum Gasteiger partial charge on any atom is -0.468 e. The van der Waals surface area contributed by atoms with Crippen LogP contribution >= 0.6 is 0 Å². The van der Waals surface area contributed by atoms with Gasteiger partial charge in [-0.25, -0.2) is 8.42 Å². The lowest BCUT2D eigenvalue weighted by molar-refractivity contribution is -0.148. The monoisotopic (exact) mass is 290 g/mol. The van der Waals surface area contributed by atoms with Gasteiger partial charge in [0.2, 0.25) is 0 Å². The van der Waals surface area contributed by atoms with Crippen LogP contribution in [0.25, 0.3) is 10.4 Å². The zero-order valence-electron chi connectivity index (χ0n) is 11.0. The molecule has 0 aromatic heterocycles. The quantitative estimate of drug-likeness (QED) is 0.249. The van der Waals surface area contributed by atoms with Crippen LogP contribution in [0.4, 0.5) is 0 Å². The van der Waals surface area contributed by atoms with E-state index in [0.717, 1.165) is 6.26 Å². The van der Waals surface area contributed by atoms with Crippen LogP contribution in [0.1, 0.15) is 19.3 Å². The second-order valence-electron chi connectivity index (χ2n) is 4.55. The molecule has 1 saturated carbocycles. The number of methoxy groups -OCH3 is 1. The minimum absolute atomic E-state index is 0.145. The Hall–Kier alpha value is -1.31. The number of rotatable bonds is 6. The molecule has 0 spiro atoms. The van der Waals surface area contributed by atoms with Gasteiger partial charge in [-0.15, -0.1) is 0 Å². The molecule has 1 aliphatic carbocycles. The van der Waals surface area contributed by atoms with Crippen LogP contribution in [-0.4, -0.2) is 51.6 Å². The van der Waals surface area contributed by atoms with Crippen LogP contribution in [0.5, 0.6) is 0 Å². The second-order valence-corrected chi connectivity index (χ2v) is 6.78. The lowest BCUT2D eigenvalue weighted by Crippen LogP contribution is -2.60. The van der Waals surface area contributed by atoms with Gasteiger partial charge in [0, 0.05) is 24.3 Å². The molecule has 1 N–H and O–H groups in total. The fourth-order valence-electron chi connectivity index (χ4n) is 2.62. The largest absolute Gasteiger partial charge is 0.468 e. The van der Waals surface area contributed by atoms with Crippen molar-refractivity contribution in [2.45, 2.75) is 30.1 Å². The molecule has 0 saturated heterocycles. The lowest BCUT2D eigenvalue weighted by atomic mass is 9.97. The van der Waals surface area contributed by atoms with E-state index in [0.29, 0.717) is 19.3 Å². The third-order valence-corrected chi connectivity index (χ3v) is 5.04. The molecule has 0 bridgehead atoms. The highest BCUT2D eigenvalue weighted by Crippen LogP contribution is 2.35. The van der Waals surface area contributed by atoms with Crippen LogP contribution in [0.15, 0.2) is 5.11 Å². The molecule has 9 heteroatoms. The van der Waals surface area contributed by atoms with Crippen LogP contribution in [-0.2, 0) is 19.4 Å². The molecular weight excluding hydrogens is 272 g/mol. The molecule has 1 rings (SSSR count). The number of azide groups is 1. The molecule has 0 aromatic carbocycles. The Labute approximate surface area is 112 Å². The van der Waals surface area contributed by atoms with Crippen molar-refractivity contribution in [3.05, 3.63) is 10.4 Å². The number of sulfone groups is 1. The molecule has 1 aliphatic rings. The summed E-state index contributed by atoms with van der Waals surface area (Å²) in [6.07, 6.45) is 2.56. The van der Waals surface area contributed by atoms with Gasteiger partial charge in [0.1, 0.15) is 5.54 Å². The van der Waals surface area contributed by atoms with Crippen LogP contribution in [0.3, 0.4) is 0 Å². The first-order valence-corrected chi connectivity index (χ1v) is 7.87. The zero-order valence-corrected chi connectivity index (χ0v) is 11.8. The van der Waals surface area contributed by atoms with E-state index in [-0.39, 0.29) is 13.1 Å². The fraction of sp³-hybridized carbons (Fsp3) is 0.900. The normalized spacial score (nSPS) is 26.7. The molecule has 0 aliphatic heterocycles. The fourth-order valence-corrected chi connectivity index (χ4v) is 4.24. The Morgan fingerprint density at radius 2 is 2.32 bits per heavy atom. The molecular formula is C10H18N4O4S. The average molecular weight is 290 g/mol. The van der Waals surface area contributed by atoms with Crippen molar-refractivity contribution in [2.24, 2.45) is 5.11 Å². The van der Waals surface area contributed by atoms with Gasteiger partial charge >= 0.3 is 5.97 Å². The Morgan fingerprint density at radius 1 is 1.63 bits per heavy atom. The molecule has 0 radical (unpaired) electrons. The summed E-state index contributed by atoms with van der Waals surface area (Å²) in [5.41, 5.74) is 6.97. The van der Waals surface area contributed by atoms with Crippen molar-refractivity contribution < 1.29 is 17.9 Å². The third-order valence-electron chi connectivity index (χ3n) is 3.37. The van der Waals surface area contributed by atoms with E-state index in [4.69, 9.17) is 10.3 Å². The van der Waals surface area contributed by atoms with E-state index in [9.17, 15) is 13.2 Å². The first kappa shape index (κ1) is 15.7. The van der Waals surface area contributed by atoms with Crippen molar-refractivity contribution in [2.75, 3.05) is 26.5 Å². The summed E-state index contributed by atoms with van der Waals surface area (Å²) in [6, 6.07) is 0. The van der Waals surface area contributed by atoms with Crippen molar-refractivity contribution in [3.63, 3.8) is 0 Å². The predicted molar refractivity (Wildman–Crippen MR) is 69.2 cm³/mol. The summed E-state index contributed by atoms with van der Waals surface area (Å²) in [7, 11) is -2.14. The number of carbonyl (C=O) groups excluding carboxylic acids is 1. The average Bonchev–Trinajstić information content (AvgIpc) is 2.78. The lowest BCUT2D eigenvalue weighted by Gasteiger charge is -2.32. The Morgan fingerprint density at radius 3 is 2.84 bits per heavy atom. The maximum absolute atomic E-state index is 12.0. The molecule has 0 aromatic rings. The molecule has 0 amide bonds. The molecule has 108 valence electrons. The smallest absolute Gasteiger partial charge is 0.327 e. The summed E-state index contributed by atoms with van der Waals surface area (Å²) >= 11 is 0. The number of nitrogens with zero attached hydrogens (tertiary/aromatic N) is 3. The Balaban J connectivity index is 2.98. The van der Waals surface area contributed by atoms with E-state index < -0.39 is 26.6 Å². The predicted octanol–water partition coefficient (Wildman–Crippen LogP) is 0.395. The third kappa shape index (κ3) is 3.37. The van der Waals surface area contributed by atoms with E-state index in [1.54, 1.807) is 0 Å².